The molecule has 13 heavy (non-hydrogen) atoms. The first-order valence-corrected chi connectivity index (χ1v) is 4.23. The lowest BCUT2D eigenvalue weighted by molar-refractivity contribution is 0.528. The molecule has 0 fully saturated rings. The van der Waals surface area contributed by atoms with Gasteiger partial charge in [-0.25, -0.2) is 4.79 Å². The summed E-state index contributed by atoms with van der Waals surface area (Å²) in [5.41, 5.74) is 2.21. The molecule has 1 heterocycles. The molecular weight excluding hydrogens is 190 g/mol. The standard InChI is InChI=1S/C9H8ClNO2/c1-5-3-4-6(10)8-7(5)11(2)9(12)13-8/h3-4H,1-2H3. The van der Waals surface area contributed by atoms with Crippen LogP contribution in [0.3, 0.4) is 0 Å². The van der Waals surface area contributed by atoms with Gasteiger partial charge < -0.3 is 4.42 Å². The third-order valence-corrected chi connectivity index (χ3v) is 2.38. The first-order valence-electron chi connectivity index (χ1n) is 3.86. The van der Waals surface area contributed by atoms with Crippen LogP contribution < -0.4 is 5.76 Å². The molecule has 0 spiro atoms. The molecule has 0 aliphatic rings. The van der Waals surface area contributed by atoms with E-state index in [1.54, 1.807) is 13.1 Å². The van der Waals surface area contributed by atoms with Gasteiger partial charge in [0.05, 0.1) is 10.5 Å². The molecule has 4 heteroatoms. The zero-order valence-electron chi connectivity index (χ0n) is 7.30. The first kappa shape index (κ1) is 8.38. The van der Waals surface area contributed by atoms with Crippen molar-refractivity contribution in [2.75, 3.05) is 0 Å². The summed E-state index contributed by atoms with van der Waals surface area (Å²) in [6, 6.07) is 3.59. The van der Waals surface area contributed by atoms with Crippen molar-refractivity contribution in [1.29, 1.82) is 0 Å². The second-order valence-corrected chi connectivity index (χ2v) is 3.38. The highest BCUT2D eigenvalue weighted by Crippen LogP contribution is 2.24. The molecule has 1 aromatic heterocycles. The minimum Gasteiger partial charge on any atom is -0.406 e. The predicted molar refractivity (Wildman–Crippen MR) is 51.2 cm³/mol. The fourth-order valence-electron chi connectivity index (χ4n) is 1.41. The smallest absolute Gasteiger partial charge is 0.406 e. The van der Waals surface area contributed by atoms with Crippen LogP contribution in [-0.4, -0.2) is 4.57 Å². The van der Waals surface area contributed by atoms with E-state index < -0.39 is 0 Å². The highest BCUT2D eigenvalue weighted by Gasteiger charge is 2.10. The molecule has 2 rings (SSSR count). The van der Waals surface area contributed by atoms with E-state index in [0.29, 0.717) is 10.6 Å². The number of hydrogen-bond acceptors (Lipinski definition) is 2. The fraction of sp³-hybridized carbons (Fsp3) is 0.222. The van der Waals surface area contributed by atoms with Gasteiger partial charge >= 0.3 is 5.76 Å². The molecule has 0 bridgehead atoms. The highest BCUT2D eigenvalue weighted by atomic mass is 35.5. The van der Waals surface area contributed by atoms with Crippen molar-refractivity contribution < 1.29 is 4.42 Å². The zero-order chi connectivity index (χ0) is 9.59. The van der Waals surface area contributed by atoms with E-state index in [4.69, 9.17) is 16.0 Å². The number of benzene rings is 1. The highest BCUT2D eigenvalue weighted by molar-refractivity contribution is 6.34. The van der Waals surface area contributed by atoms with Gasteiger partial charge in [0.1, 0.15) is 0 Å². The molecular formula is C9H8ClNO2. The summed E-state index contributed by atoms with van der Waals surface area (Å²) < 4.78 is 6.44. The van der Waals surface area contributed by atoms with Gasteiger partial charge in [-0.2, -0.15) is 0 Å². The number of fused-ring (bicyclic) bond motifs is 1. The average Bonchev–Trinajstić information content (AvgIpc) is 2.38. The van der Waals surface area contributed by atoms with Gasteiger partial charge in [0.15, 0.2) is 5.58 Å². The monoisotopic (exact) mass is 197 g/mol. The van der Waals surface area contributed by atoms with Gasteiger partial charge in [-0.05, 0) is 18.6 Å². The SMILES string of the molecule is Cc1ccc(Cl)c2oc(=O)n(C)c12. The maximum atomic E-state index is 11.2. The lowest BCUT2D eigenvalue weighted by Gasteiger charge is -1.97. The van der Waals surface area contributed by atoms with Gasteiger partial charge in [0.2, 0.25) is 0 Å². The van der Waals surface area contributed by atoms with Crippen LogP contribution in [0.2, 0.25) is 5.02 Å². The van der Waals surface area contributed by atoms with E-state index in [1.165, 1.54) is 4.57 Å². The minimum absolute atomic E-state index is 0.383. The lowest BCUT2D eigenvalue weighted by Crippen LogP contribution is -2.08. The van der Waals surface area contributed by atoms with Crippen LogP contribution in [0.4, 0.5) is 0 Å². The molecule has 0 saturated carbocycles. The molecule has 0 unspecified atom stereocenters. The van der Waals surface area contributed by atoms with Crippen LogP contribution in [0.1, 0.15) is 5.56 Å². The number of aryl methyl sites for hydroxylation is 2. The van der Waals surface area contributed by atoms with Crippen molar-refractivity contribution in [3.8, 4) is 0 Å². The van der Waals surface area contributed by atoms with E-state index in [9.17, 15) is 4.79 Å². The van der Waals surface area contributed by atoms with E-state index in [2.05, 4.69) is 0 Å². The largest absolute Gasteiger partial charge is 0.419 e. The summed E-state index contributed by atoms with van der Waals surface area (Å²) in [6.45, 7) is 1.91. The Morgan fingerprint density at radius 3 is 2.77 bits per heavy atom. The van der Waals surface area contributed by atoms with Gasteiger partial charge in [-0.3, -0.25) is 4.57 Å². The molecule has 0 atom stereocenters. The second-order valence-electron chi connectivity index (χ2n) is 2.97. The maximum absolute atomic E-state index is 11.2. The zero-order valence-corrected chi connectivity index (χ0v) is 8.05. The Kier molecular flexibility index (Phi) is 1.70. The van der Waals surface area contributed by atoms with Crippen LogP contribution in [-0.2, 0) is 7.05 Å². The normalized spacial score (nSPS) is 11.0. The third kappa shape index (κ3) is 1.08. The molecule has 0 saturated heterocycles. The van der Waals surface area contributed by atoms with Crippen molar-refractivity contribution in [3.63, 3.8) is 0 Å². The lowest BCUT2D eigenvalue weighted by atomic mass is 10.2. The van der Waals surface area contributed by atoms with E-state index in [-0.39, 0.29) is 5.76 Å². The number of aromatic nitrogens is 1. The van der Waals surface area contributed by atoms with Crippen LogP contribution >= 0.6 is 11.6 Å². The molecule has 0 amide bonds. The van der Waals surface area contributed by atoms with Crippen LogP contribution in [0, 0.1) is 6.92 Å². The maximum Gasteiger partial charge on any atom is 0.419 e. The Morgan fingerprint density at radius 1 is 1.46 bits per heavy atom. The second kappa shape index (κ2) is 2.64. The first-order chi connectivity index (χ1) is 6.11. The Hall–Kier alpha value is -1.22. The number of hydrogen-bond donors (Lipinski definition) is 0. The van der Waals surface area contributed by atoms with Crippen molar-refractivity contribution in [3.05, 3.63) is 33.3 Å². The third-order valence-electron chi connectivity index (χ3n) is 2.08. The van der Waals surface area contributed by atoms with Gasteiger partial charge in [-0.1, -0.05) is 17.7 Å². The Morgan fingerprint density at radius 2 is 2.15 bits per heavy atom. The topological polar surface area (TPSA) is 35.1 Å². The average molecular weight is 198 g/mol. The molecule has 0 aliphatic heterocycles. The van der Waals surface area contributed by atoms with Gasteiger partial charge in [0, 0.05) is 7.05 Å². The summed E-state index contributed by atoms with van der Waals surface area (Å²) in [4.78, 5) is 11.2. The van der Waals surface area contributed by atoms with Gasteiger partial charge in [-0.15, -0.1) is 0 Å². The Balaban J connectivity index is 3.09. The summed E-state index contributed by atoms with van der Waals surface area (Å²) in [5, 5.41) is 0.471. The number of oxazole rings is 1. The summed E-state index contributed by atoms with van der Waals surface area (Å²) >= 11 is 5.87. The summed E-state index contributed by atoms with van der Waals surface area (Å²) in [5.74, 6) is -0.383. The number of rotatable bonds is 0. The van der Waals surface area contributed by atoms with E-state index >= 15 is 0 Å². The molecule has 2 aromatic rings. The Bertz CT molecular complexity index is 524. The molecule has 0 N–H and O–H groups in total. The fourth-order valence-corrected chi connectivity index (χ4v) is 1.60. The van der Waals surface area contributed by atoms with Crippen LogP contribution in [0.15, 0.2) is 21.3 Å². The van der Waals surface area contributed by atoms with Crippen molar-refractivity contribution >= 4 is 22.7 Å². The predicted octanol–water partition coefficient (Wildman–Crippen LogP) is 2.09. The number of nitrogens with zero attached hydrogens (tertiary/aromatic N) is 1. The van der Waals surface area contributed by atoms with Crippen LogP contribution in [0.5, 0.6) is 0 Å². The Labute approximate surface area is 79.5 Å². The molecule has 1 aromatic carbocycles. The quantitative estimate of drug-likeness (QED) is 0.648. The van der Waals surface area contributed by atoms with Crippen molar-refractivity contribution in [1.82, 2.24) is 4.57 Å². The van der Waals surface area contributed by atoms with Crippen LogP contribution in [0.25, 0.3) is 11.1 Å². The molecule has 0 radical (unpaired) electrons. The molecule has 3 nitrogen and oxygen atoms in total. The minimum atomic E-state index is -0.383. The number of halogens is 1. The van der Waals surface area contributed by atoms with Gasteiger partial charge in [0.25, 0.3) is 0 Å². The molecule has 68 valence electrons. The van der Waals surface area contributed by atoms with E-state index in [0.717, 1.165) is 11.1 Å². The van der Waals surface area contributed by atoms with Crippen molar-refractivity contribution in [2.45, 2.75) is 6.92 Å². The summed E-state index contributed by atoms with van der Waals surface area (Å²) in [6.07, 6.45) is 0. The summed E-state index contributed by atoms with van der Waals surface area (Å²) in [7, 11) is 1.66. The van der Waals surface area contributed by atoms with Crippen molar-refractivity contribution in [2.24, 2.45) is 7.05 Å². The molecule has 0 aliphatic carbocycles. The van der Waals surface area contributed by atoms with E-state index in [1.807, 2.05) is 13.0 Å².